The minimum absolute atomic E-state index is 0.127. The topological polar surface area (TPSA) is 46.3 Å². The SMILES string of the molecule is CC(=O)Cc1coc(C2CCCN(C(C)C)C2)n1. The number of likely N-dealkylation sites (tertiary alicyclic amines) is 1. The number of nitrogens with zero attached hydrogens (tertiary/aromatic N) is 2. The highest BCUT2D eigenvalue weighted by atomic mass is 16.3. The van der Waals surface area contributed by atoms with Crippen LogP contribution in [0, 0.1) is 0 Å². The van der Waals surface area contributed by atoms with Crippen molar-refractivity contribution in [3.63, 3.8) is 0 Å². The van der Waals surface area contributed by atoms with Gasteiger partial charge in [-0.3, -0.25) is 4.79 Å². The van der Waals surface area contributed by atoms with Gasteiger partial charge in [-0.25, -0.2) is 4.98 Å². The Kier molecular flexibility index (Phi) is 4.17. The zero-order valence-electron chi connectivity index (χ0n) is 11.5. The first-order valence-corrected chi connectivity index (χ1v) is 6.74. The van der Waals surface area contributed by atoms with Gasteiger partial charge in [0.2, 0.25) is 0 Å². The first-order valence-electron chi connectivity index (χ1n) is 6.74. The van der Waals surface area contributed by atoms with E-state index in [1.807, 2.05) is 0 Å². The van der Waals surface area contributed by atoms with Gasteiger partial charge in [-0.05, 0) is 40.2 Å². The van der Waals surface area contributed by atoms with Gasteiger partial charge < -0.3 is 9.32 Å². The van der Waals surface area contributed by atoms with E-state index < -0.39 is 0 Å². The van der Waals surface area contributed by atoms with E-state index >= 15 is 0 Å². The highest BCUT2D eigenvalue weighted by molar-refractivity contribution is 5.77. The molecule has 1 aliphatic heterocycles. The largest absolute Gasteiger partial charge is 0.448 e. The van der Waals surface area contributed by atoms with Crippen LogP contribution in [0.2, 0.25) is 0 Å². The highest BCUT2D eigenvalue weighted by Gasteiger charge is 2.26. The summed E-state index contributed by atoms with van der Waals surface area (Å²) in [5.41, 5.74) is 0.763. The smallest absolute Gasteiger partial charge is 0.198 e. The lowest BCUT2D eigenvalue weighted by molar-refractivity contribution is -0.116. The molecule has 1 atom stereocenters. The second kappa shape index (κ2) is 5.65. The van der Waals surface area contributed by atoms with Gasteiger partial charge in [0.15, 0.2) is 5.89 Å². The van der Waals surface area contributed by atoms with E-state index in [-0.39, 0.29) is 5.78 Å². The third kappa shape index (κ3) is 3.19. The number of hydrogen-bond donors (Lipinski definition) is 0. The van der Waals surface area contributed by atoms with Gasteiger partial charge in [0.05, 0.1) is 12.1 Å². The molecule has 2 rings (SSSR count). The van der Waals surface area contributed by atoms with Gasteiger partial charge in [-0.2, -0.15) is 0 Å². The summed E-state index contributed by atoms with van der Waals surface area (Å²) in [5, 5.41) is 0. The molecule has 18 heavy (non-hydrogen) atoms. The summed E-state index contributed by atoms with van der Waals surface area (Å²) >= 11 is 0. The molecule has 1 aromatic rings. The normalized spacial score (nSPS) is 21.4. The maximum absolute atomic E-state index is 11.1. The number of ketones is 1. The second-order valence-electron chi connectivity index (χ2n) is 5.48. The average Bonchev–Trinajstić information content (AvgIpc) is 2.77. The Labute approximate surface area is 108 Å². The molecule has 1 aliphatic rings. The summed E-state index contributed by atoms with van der Waals surface area (Å²) in [5.74, 6) is 1.31. The average molecular weight is 250 g/mol. The fourth-order valence-electron chi connectivity index (χ4n) is 2.52. The van der Waals surface area contributed by atoms with E-state index in [9.17, 15) is 4.79 Å². The van der Waals surface area contributed by atoms with Crippen molar-refractivity contribution in [2.24, 2.45) is 0 Å². The standard InChI is InChI=1S/C14H22N2O2/c1-10(2)16-6-4-5-12(8-16)14-15-13(9-18-14)7-11(3)17/h9-10,12H,4-8H2,1-3H3. The molecule has 4 heteroatoms. The number of carbonyl (C=O) groups excluding carboxylic acids is 1. The fourth-order valence-corrected chi connectivity index (χ4v) is 2.52. The Hall–Kier alpha value is -1.16. The second-order valence-corrected chi connectivity index (χ2v) is 5.48. The van der Waals surface area contributed by atoms with Gasteiger partial charge >= 0.3 is 0 Å². The Bertz CT molecular complexity index is 412. The molecule has 1 unspecified atom stereocenters. The highest BCUT2D eigenvalue weighted by Crippen LogP contribution is 2.27. The number of rotatable bonds is 4. The van der Waals surface area contributed by atoms with E-state index in [2.05, 4.69) is 23.7 Å². The van der Waals surface area contributed by atoms with E-state index in [0.29, 0.717) is 18.4 Å². The first kappa shape index (κ1) is 13.3. The molecular formula is C14H22N2O2. The molecule has 1 fully saturated rings. The molecule has 0 amide bonds. The van der Waals surface area contributed by atoms with Crippen molar-refractivity contribution >= 4 is 5.78 Å². The van der Waals surface area contributed by atoms with Crippen molar-refractivity contribution in [2.45, 2.75) is 52.0 Å². The summed E-state index contributed by atoms with van der Waals surface area (Å²) in [6.07, 6.45) is 4.33. The number of carbonyl (C=O) groups is 1. The molecule has 1 saturated heterocycles. The van der Waals surface area contributed by atoms with Crippen molar-refractivity contribution in [1.82, 2.24) is 9.88 Å². The van der Waals surface area contributed by atoms with Crippen molar-refractivity contribution in [3.05, 3.63) is 17.8 Å². The zero-order chi connectivity index (χ0) is 13.1. The fraction of sp³-hybridized carbons (Fsp3) is 0.714. The van der Waals surface area contributed by atoms with Crippen LogP contribution in [0.5, 0.6) is 0 Å². The quantitative estimate of drug-likeness (QED) is 0.823. The summed E-state index contributed by atoms with van der Waals surface area (Å²) < 4.78 is 5.54. The van der Waals surface area contributed by atoms with Crippen LogP contribution < -0.4 is 0 Å². The maximum Gasteiger partial charge on any atom is 0.198 e. The molecule has 1 aromatic heterocycles. The van der Waals surface area contributed by atoms with Gasteiger partial charge in [0, 0.05) is 18.5 Å². The van der Waals surface area contributed by atoms with Crippen LogP contribution in [-0.4, -0.2) is 34.8 Å². The third-order valence-electron chi connectivity index (χ3n) is 3.53. The predicted octanol–water partition coefficient (Wildman–Crippen LogP) is 2.39. The van der Waals surface area contributed by atoms with Crippen molar-refractivity contribution in [3.8, 4) is 0 Å². The van der Waals surface area contributed by atoms with Crippen molar-refractivity contribution < 1.29 is 9.21 Å². The zero-order valence-corrected chi connectivity index (χ0v) is 11.5. The lowest BCUT2D eigenvalue weighted by Gasteiger charge is -2.34. The summed E-state index contributed by atoms with van der Waals surface area (Å²) in [6, 6.07) is 0.569. The molecule has 0 radical (unpaired) electrons. The maximum atomic E-state index is 11.1. The molecule has 0 N–H and O–H groups in total. The Morgan fingerprint density at radius 1 is 1.61 bits per heavy atom. The number of oxazole rings is 1. The summed E-state index contributed by atoms with van der Waals surface area (Å²) in [4.78, 5) is 18.0. The molecular weight excluding hydrogens is 228 g/mol. The number of aromatic nitrogens is 1. The van der Waals surface area contributed by atoms with Gasteiger partial charge in [0.25, 0.3) is 0 Å². The van der Waals surface area contributed by atoms with Crippen LogP contribution in [0.4, 0.5) is 0 Å². The van der Waals surface area contributed by atoms with Crippen LogP contribution in [-0.2, 0) is 11.2 Å². The van der Waals surface area contributed by atoms with Crippen LogP contribution in [0.1, 0.15) is 51.1 Å². The summed E-state index contributed by atoms with van der Waals surface area (Å²) in [7, 11) is 0. The molecule has 0 aromatic carbocycles. The van der Waals surface area contributed by atoms with E-state index in [4.69, 9.17) is 4.42 Å². The van der Waals surface area contributed by atoms with Gasteiger partial charge in [-0.15, -0.1) is 0 Å². The molecule has 0 aliphatic carbocycles. The Morgan fingerprint density at radius 2 is 2.39 bits per heavy atom. The monoisotopic (exact) mass is 250 g/mol. The lowest BCUT2D eigenvalue weighted by atomic mass is 9.97. The molecule has 4 nitrogen and oxygen atoms in total. The minimum atomic E-state index is 0.127. The van der Waals surface area contributed by atoms with Crippen molar-refractivity contribution in [1.29, 1.82) is 0 Å². The van der Waals surface area contributed by atoms with E-state index in [0.717, 1.165) is 31.1 Å². The van der Waals surface area contributed by atoms with Crippen LogP contribution in [0.3, 0.4) is 0 Å². The predicted molar refractivity (Wildman–Crippen MR) is 69.6 cm³/mol. The Balaban J connectivity index is 2.02. The van der Waals surface area contributed by atoms with Crippen LogP contribution >= 0.6 is 0 Å². The van der Waals surface area contributed by atoms with E-state index in [1.165, 1.54) is 6.42 Å². The van der Waals surface area contributed by atoms with E-state index in [1.54, 1.807) is 13.2 Å². The molecule has 2 heterocycles. The number of Topliss-reactive ketones (excluding diaryl/α,β-unsaturated/α-hetero) is 1. The molecule has 0 saturated carbocycles. The summed E-state index contributed by atoms with van der Waals surface area (Å²) in [6.45, 7) is 8.20. The molecule has 0 bridgehead atoms. The number of hydrogen-bond acceptors (Lipinski definition) is 4. The van der Waals surface area contributed by atoms with Crippen LogP contribution in [0.25, 0.3) is 0 Å². The van der Waals surface area contributed by atoms with Crippen molar-refractivity contribution in [2.75, 3.05) is 13.1 Å². The number of piperidine rings is 1. The van der Waals surface area contributed by atoms with Crippen LogP contribution in [0.15, 0.2) is 10.7 Å². The van der Waals surface area contributed by atoms with Gasteiger partial charge in [-0.1, -0.05) is 0 Å². The van der Waals surface area contributed by atoms with Gasteiger partial charge in [0.1, 0.15) is 12.0 Å². The third-order valence-corrected chi connectivity index (χ3v) is 3.53. The molecule has 100 valence electrons. The Morgan fingerprint density at radius 3 is 3.06 bits per heavy atom. The first-order chi connectivity index (χ1) is 8.56. The molecule has 0 spiro atoms. The minimum Gasteiger partial charge on any atom is -0.448 e. The lowest BCUT2D eigenvalue weighted by Crippen LogP contribution is -2.39.